The highest BCUT2D eigenvalue weighted by Crippen LogP contribution is 2.34. The van der Waals surface area contributed by atoms with Crippen LogP contribution in [0.4, 0.5) is 0 Å². The topological polar surface area (TPSA) is 52.7 Å². The van der Waals surface area contributed by atoms with Crippen molar-refractivity contribution in [2.75, 3.05) is 19.6 Å². The molecule has 0 aromatic carbocycles. The van der Waals surface area contributed by atoms with Gasteiger partial charge in [-0.3, -0.25) is 14.5 Å². The van der Waals surface area contributed by atoms with Gasteiger partial charge < -0.3 is 10.2 Å². The zero-order valence-electron chi connectivity index (χ0n) is 13.2. The van der Waals surface area contributed by atoms with E-state index in [0.717, 1.165) is 13.0 Å². The zero-order valence-corrected chi connectivity index (χ0v) is 13.2. The van der Waals surface area contributed by atoms with E-state index in [1.807, 2.05) is 18.7 Å². The molecule has 0 aromatic heterocycles. The summed E-state index contributed by atoms with van der Waals surface area (Å²) >= 11 is 0. The average Bonchev–Trinajstić information content (AvgIpc) is 3.06. The van der Waals surface area contributed by atoms with E-state index >= 15 is 0 Å². The molecule has 3 aliphatic rings. The van der Waals surface area contributed by atoms with Gasteiger partial charge in [0.1, 0.15) is 5.54 Å². The van der Waals surface area contributed by atoms with E-state index in [4.69, 9.17) is 0 Å². The standard InChI is InChI=1S/C16H27N3O2/c1-3-16(4-2)15(21)19(11-8-14(20)17-16)13-7-10-18-9-5-6-12(13)18/h12-13H,3-11H2,1-2H3,(H,17,20). The van der Waals surface area contributed by atoms with Gasteiger partial charge in [0, 0.05) is 31.6 Å². The van der Waals surface area contributed by atoms with Crippen molar-refractivity contribution in [1.82, 2.24) is 15.1 Å². The number of amides is 2. The molecular weight excluding hydrogens is 266 g/mol. The van der Waals surface area contributed by atoms with E-state index in [2.05, 4.69) is 10.2 Å². The largest absolute Gasteiger partial charge is 0.342 e. The lowest BCUT2D eigenvalue weighted by Gasteiger charge is -2.38. The van der Waals surface area contributed by atoms with Crippen LogP contribution < -0.4 is 5.32 Å². The molecule has 0 radical (unpaired) electrons. The Morgan fingerprint density at radius 3 is 2.57 bits per heavy atom. The van der Waals surface area contributed by atoms with Crippen LogP contribution in [0.5, 0.6) is 0 Å². The number of carbonyl (C=O) groups excluding carboxylic acids is 2. The summed E-state index contributed by atoms with van der Waals surface area (Å²) in [5, 5.41) is 3.01. The maximum Gasteiger partial charge on any atom is 0.248 e. The average molecular weight is 293 g/mol. The highest BCUT2D eigenvalue weighted by atomic mass is 16.2. The lowest BCUT2D eigenvalue weighted by Crippen LogP contribution is -2.59. The minimum absolute atomic E-state index is 0.0239. The zero-order chi connectivity index (χ0) is 15.0. The number of rotatable bonds is 3. The predicted molar refractivity (Wildman–Crippen MR) is 80.8 cm³/mol. The SMILES string of the molecule is CCC1(CC)NC(=O)CCN(C2CCN3CCCC23)C1=O. The van der Waals surface area contributed by atoms with Crippen LogP contribution in [-0.4, -0.2) is 58.9 Å². The molecule has 3 aliphatic heterocycles. The van der Waals surface area contributed by atoms with Crippen molar-refractivity contribution >= 4 is 11.8 Å². The van der Waals surface area contributed by atoms with Gasteiger partial charge in [0.05, 0.1) is 0 Å². The Balaban J connectivity index is 1.86. The van der Waals surface area contributed by atoms with Gasteiger partial charge in [-0.2, -0.15) is 0 Å². The summed E-state index contributed by atoms with van der Waals surface area (Å²) in [6, 6.07) is 0.832. The van der Waals surface area contributed by atoms with E-state index in [1.54, 1.807) is 0 Å². The molecule has 0 bridgehead atoms. The molecule has 2 atom stereocenters. The molecule has 3 rings (SSSR count). The Hall–Kier alpha value is -1.10. The Morgan fingerprint density at radius 1 is 1.10 bits per heavy atom. The minimum atomic E-state index is -0.681. The lowest BCUT2D eigenvalue weighted by atomic mass is 9.90. The van der Waals surface area contributed by atoms with Crippen molar-refractivity contribution < 1.29 is 9.59 Å². The van der Waals surface area contributed by atoms with Gasteiger partial charge >= 0.3 is 0 Å². The van der Waals surface area contributed by atoms with Gasteiger partial charge in [0.2, 0.25) is 11.8 Å². The maximum atomic E-state index is 13.1. The van der Waals surface area contributed by atoms with Gasteiger partial charge in [0.15, 0.2) is 0 Å². The fourth-order valence-corrected chi connectivity index (χ4v) is 4.45. The van der Waals surface area contributed by atoms with E-state index in [-0.39, 0.29) is 11.8 Å². The Morgan fingerprint density at radius 2 is 1.86 bits per heavy atom. The maximum absolute atomic E-state index is 13.1. The lowest BCUT2D eigenvalue weighted by molar-refractivity contribution is -0.141. The number of nitrogens with zero attached hydrogens (tertiary/aromatic N) is 2. The third-order valence-corrected chi connectivity index (χ3v) is 5.81. The number of fused-ring (bicyclic) bond motifs is 1. The Bertz CT molecular complexity index is 433. The minimum Gasteiger partial charge on any atom is -0.342 e. The molecule has 2 amide bonds. The molecule has 5 heteroatoms. The molecule has 0 spiro atoms. The summed E-state index contributed by atoms with van der Waals surface area (Å²) < 4.78 is 0. The molecular formula is C16H27N3O2. The van der Waals surface area contributed by atoms with Gasteiger partial charge in [-0.15, -0.1) is 0 Å². The molecule has 21 heavy (non-hydrogen) atoms. The molecule has 118 valence electrons. The summed E-state index contributed by atoms with van der Waals surface area (Å²) in [5.74, 6) is 0.174. The quantitative estimate of drug-likeness (QED) is 0.849. The number of nitrogens with one attached hydrogen (secondary N) is 1. The highest BCUT2D eigenvalue weighted by Gasteiger charge is 2.48. The molecule has 0 aromatic rings. The van der Waals surface area contributed by atoms with Gasteiger partial charge in [-0.25, -0.2) is 0 Å². The summed E-state index contributed by atoms with van der Waals surface area (Å²) in [7, 11) is 0. The fourth-order valence-electron chi connectivity index (χ4n) is 4.45. The third-order valence-electron chi connectivity index (χ3n) is 5.81. The van der Waals surface area contributed by atoms with Crippen molar-refractivity contribution in [3.63, 3.8) is 0 Å². The van der Waals surface area contributed by atoms with Crippen LogP contribution in [0.15, 0.2) is 0 Å². The molecule has 5 nitrogen and oxygen atoms in total. The Kier molecular flexibility index (Phi) is 3.95. The summed E-state index contributed by atoms with van der Waals surface area (Å²) in [6.45, 7) is 6.86. The van der Waals surface area contributed by atoms with Crippen molar-refractivity contribution in [2.24, 2.45) is 0 Å². The van der Waals surface area contributed by atoms with Gasteiger partial charge in [-0.05, 0) is 38.6 Å². The number of hydrogen-bond acceptors (Lipinski definition) is 3. The van der Waals surface area contributed by atoms with Crippen LogP contribution in [-0.2, 0) is 9.59 Å². The first kappa shape index (κ1) is 14.8. The third kappa shape index (κ3) is 2.35. The molecule has 0 saturated carbocycles. The highest BCUT2D eigenvalue weighted by molar-refractivity contribution is 5.93. The second-order valence-electron chi connectivity index (χ2n) is 6.69. The molecule has 3 saturated heterocycles. The van der Waals surface area contributed by atoms with Crippen molar-refractivity contribution in [1.29, 1.82) is 0 Å². The van der Waals surface area contributed by atoms with E-state index in [1.165, 1.54) is 19.4 Å². The molecule has 3 fully saturated rings. The molecule has 3 heterocycles. The monoisotopic (exact) mass is 293 g/mol. The first-order valence-corrected chi connectivity index (χ1v) is 8.47. The van der Waals surface area contributed by atoms with Crippen molar-refractivity contribution in [2.45, 2.75) is 70.0 Å². The number of hydrogen-bond donors (Lipinski definition) is 1. The fraction of sp³-hybridized carbons (Fsp3) is 0.875. The second kappa shape index (κ2) is 5.59. The number of carbonyl (C=O) groups is 2. The van der Waals surface area contributed by atoms with Gasteiger partial charge in [-0.1, -0.05) is 13.8 Å². The van der Waals surface area contributed by atoms with Crippen LogP contribution in [0.3, 0.4) is 0 Å². The summed E-state index contributed by atoms with van der Waals surface area (Å²) in [5.41, 5.74) is -0.681. The van der Waals surface area contributed by atoms with Crippen LogP contribution in [0.2, 0.25) is 0 Å². The smallest absolute Gasteiger partial charge is 0.248 e. The normalized spacial score (nSPS) is 33.0. The molecule has 2 unspecified atom stereocenters. The first-order chi connectivity index (χ1) is 10.1. The summed E-state index contributed by atoms with van der Waals surface area (Å²) in [6.07, 6.45) is 5.29. The predicted octanol–water partition coefficient (Wildman–Crippen LogP) is 1.13. The summed E-state index contributed by atoms with van der Waals surface area (Å²) in [4.78, 5) is 29.8. The van der Waals surface area contributed by atoms with Crippen molar-refractivity contribution in [3.8, 4) is 0 Å². The Labute approximate surface area is 127 Å². The van der Waals surface area contributed by atoms with Gasteiger partial charge in [0.25, 0.3) is 0 Å². The van der Waals surface area contributed by atoms with Crippen LogP contribution in [0.1, 0.15) is 52.4 Å². The van der Waals surface area contributed by atoms with Crippen molar-refractivity contribution in [3.05, 3.63) is 0 Å². The van der Waals surface area contributed by atoms with Crippen LogP contribution in [0.25, 0.3) is 0 Å². The molecule has 0 aliphatic carbocycles. The van der Waals surface area contributed by atoms with Crippen LogP contribution >= 0.6 is 0 Å². The van der Waals surface area contributed by atoms with E-state index in [0.29, 0.717) is 37.9 Å². The molecule has 1 N–H and O–H groups in total. The van der Waals surface area contributed by atoms with Crippen LogP contribution in [0, 0.1) is 0 Å². The van der Waals surface area contributed by atoms with E-state index in [9.17, 15) is 9.59 Å². The second-order valence-corrected chi connectivity index (χ2v) is 6.69. The van der Waals surface area contributed by atoms with E-state index < -0.39 is 5.54 Å². The first-order valence-electron chi connectivity index (χ1n) is 8.47.